The van der Waals surface area contributed by atoms with Gasteiger partial charge in [-0.3, -0.25) is 4.90 Å². The molecule has 2 heteroatoms. The predicted molar refractivity (Wildman–Crippen MR) is 83.5 cm³/mol. The molecule has 0 aromatic carbocycles. The van der Waals surface area contributed by atoms with Gasteiger partial charge < -0.3 is 5.32 Å². The highest BCUT2D eigenvalue weighted by Gasteiger charge is 2.29. The van der Waals surface area contributed by atoms with Gasteiger partial charge in [-0.15, -0.1) is 0 Å². The quantitative estimate of drug-likeness (QED) is 0.789. The van der Waals surface area contributed by atoms with Crippen LogP contribution in [0, 0.1) is 11.8 Å². The van der Waals surface area contributed by atoms with E-state index in [2.05, 4.69) is 31.0 Å². The first-order valence-electron chi connectivity index (χ1n) is 8.68. The molecule has 2 aliphatic rings. The third-order valence-corrected chi connectivity index (χ3v) is 5.25. The third-order valence-electron chi connectivity index (χ3n) is 5.25. The van der Waals surface area contributed by atoms with Crippen LogP contribution in [0.4, 0.5) is 0 Å². The van der Waals surface area contributed by atoms with Gasteiger partial charge in [0.1, 0.15) is 0 Å². The van der Waals surface area contributed by atoms with E-state index in [4.69, 9.17) is 0 Å². The molecule has 2 atom stereocenters. The molecule has 1 N–H and O–H groups in total. The van der Waals surface area contributed by atoms with Crippen molar-refractivity contribution in [3.8, 4) is 0 Å². The van der Waals surface area contributed by atoms with Crippen molar-refractivity contribution >= 4 is 0 Å². The number of hydrogen-bond acceptors (Lipinski definition) is 2. The summed E-state index contributed by atoms with van der Waals surface area (Å²) in [4.78, 5) is 2.81. The van der Waals surface area contributed by atoms with Crippen molar-refractivity contribution < 1.29 is 0 Å². The van der Waals surface area contributed by atoms with Gasteiger partial charge in [0.15, 0.2) is 0 Å². The van der Waals surface area contributed by atoms with Gasteiger partial charge in [0.05, 0.1) is 0 Å². The van der Waals surface area contributed by atoms with E-state index in [1.807, 2.05) is 0 Å². The van der Waals surface area contributed by atoms with E-state index in [1.165, 1.54) is 64.6 Å². The maximum absolute atomic E-state index is 3.77. The van der Waals surface area contributed by atoms with E-state index in [9.17, 15) is 0 Å². The summed E-state index contributed by atoms with van der Waals surface area (Å²) in [6.07, 6.45) is 10.1. The van der Waals surface area contributed by atoms with Gasteiger partial charge in [0, 0.05) is 25.2 Å². The summed E-state index contributed by atoms with van der Waals surface area (Å²) in [6.45, 7) is 10.9. The molecule has 2 rings (SSSR count). The van der Waals surface area contributed by atoms with Crippen LogP contribution in [-0.4, -0.2) is 36.6 Å². The van der Waals surface area contributed by atoms with Crippen LogP contribution in [0.5, 0.6) is 0 Å². The van der Waals surface area contributed by atoms with Crippen molar-refractivity contribution in [2.45, 2.75) is 77.8 Å². The molecule has 1 saturated carbocycles. The zero-order chi connectivity index (χ0) is 13.7. The van der Waals surface area contributed by atoms with Gasteiger partial charge >= 0.3 is 0 Å². The van der Waals surface area contributed by atoms with Gasteiger partial charge in [0.25, 0.3) is 0 Å². The third kappa shape index (κ3) is 4.46. The Bertz CT molecular complexity index is 246. The van der Waals surface area contributed by atoms with E-state index >= 15 is 0 Å². The molecule has 0 aromatic heterocycles. The van der Waals surface area contributed by atoms with E-state index in [0.717, 1.165) is 23.9 Å². The molecule has 1 aliphatic heterocycles. The molecule has 112 valence electrons. The average Bonchev–Trinajstić information content (AvgIpc) is 2.89. The molecular formula is C17H34N2. The Balaban J connectivity index is 1.83. The highest BCUT2D eigenvalue weighted by Crippen LogP contribution is 2.28. The highest BCUT2D eigenvalue weighted by atomic mass is 15.2. The minimum Gasteiger partial charge on any atom is -0.311 e. The van der Waals surface area contributed by atoms with Crippen molar-refractivity contribution in [3.05, 3.63) is 0 Å². The van der Waals surface area contributed by atoms with E-state index in [1.54, 1.807) is 0 Å². The molecule has 1 saturated heterocycles. The van der Waals surface area contributed by atoms with Crippen LogP contribution in [0.25, 0.3) is 0 Å². The first-order chi connectivity index (χ1) is 9.20. The Morgan fingerprint density at radius 1 is 1.16 bits per heavy atom. The second-order valence-electron chi connectivity index (χ2n) is 7.14. The maximum atomic E-state index is 3.77. The van der Waals surface area contributed by atoms with Gasteiger partial charge in [-0.25, -0.2) is 0 Å². The van der Waals surface area contributed by atoms with Crippen LogP contribution in [0.2, 0.25) is 0 Å². The average molecular weight is 266 g/mol. The lowest BCUT2D eigenvalue weighted by molar-refractivity contribution is 0.0895. The molecule has 0 amide bonds. The fourth-order valence-electron chi connectivity index (χ4n) is 4.00. The number of hydrogen-bond donors (Lipinski definition) is 1. The number of nitrogens with one attached hydrogen (secondary N) is 1. The van der Waals surface area contributed by atoms with Crippen molar-refractivity contribution in [2.75, 3.05) is 19.6 Å². The van der Waals surface area contributed by atoms with Crippen molar-refractivity contribution in [3.63, 3.8) is 0 Å². The van der Waals surface area contributed by atoms with Crippen LogP contribution in [0.1, 0.15) is 65.7 Å². The molecule has 2 unspecified atom stereocenters. The molecule has 2 fully saturated rings. The lowest BCUT2D eigenvalue weighted by atomic mass is 9.95. The molecule has 19 heavy (non-hydrogen) atoms. The van der Waals surface area contributed by atoms with Crippen molar-refractivity contribution in [1.82, 2.24) is 10.2 Å². The number of piperazine rings is 1. The van der Waals surface area contributed by atoms with Crippen LogP contribution in [-0.2, 0) is 0 Å². The van der Waals surface area contributed by atoms with Crippen molar-refractivity contribution in [1.29, 1.82) is 0 Å². The molecule has 1 aliphatic carbocycles. The summed E-state index contributed by atoms with van der Waals surface area (Å²) >= 11 is 0. The molecule has 2 nitrogen and oxygen atoms in total. The standard InChI is InChI=1S/C17H34N2/c1-4-7-16-13-19(17(12-18-16)14(2)3)11-10-15-8-5-6-9-15/h14-18H,4-13H2,1-3H3. The zero-order valence-corrected chi connectivity index (χ0v) is 13.3. The Kier molecular flexibility index (Phi) is 6.15. The van der Waals surface area contributed by atoms with Crippen LogP contribution in [0.3, 0.4) is 0 Å². The second-order valence-corrected chi connectivity index (χ2v) is 7.14. The van der Waals surface area contributed by atoms with Crippen LogP contribution in [0.15, 0.2) is 0 Å². The largest absolute Gasteiger partial charge is 0.311 e. The van der Waals surface area contributed by atoms with Gasteiger partial charge in [-0.2, -0.15) is 0 Å². The highest BCUT2D eigenvalue weighted by molar-refractivity contribution is 4.88. The van der Waals surface area contributed by atoms with E-state index in [-0.39, 0.29) is 0 Å². The molecule has 0 spiro atoms. The van der Waals surface area contributed by atoms with Gasteiger partial charge in [-0.05, 0) is 31.2 Å². The Morgan fingerprint density at radius 2 is 1.89 bits per heavy atom. The Hall–Kier alpha value is -0.0800. The SMILES string of the molecule is CCCC1CN(CCC2CCCC2)C(C(C)C)CN1. The summed E-state index contributed by atoms with van der Waals surface area (Å²) in [7, 11) is 0. The molecule has 0 aromatic rings. The van der Waals surface area contributed by atoms with Crippen LogP contribution >= 0.6 is 0 Å². The summed E-state index contributed by atoms with van der Waals surface area (Å²) in [5.74, 6) is 1.81. The molecule has 0 bridgehead atoms. The van der Waals surface area contributed by atoms with E-state index < -0.39 is 0 Å². The normalized spacial score (nSPS) is 30.3. The molecule has 1 heterocycles. The summed E-state index contributed by atoms with van der Waals surface area (Å²) < 4.78 is 0. The topological polar surface area (TPSA) is 15.3 Å². The minimum absolute atomic E-state index is 0.739. The summed E-state index contributed by atoms with van der Waals surface area (Å²) in [5.41, 5.74) is 0. The molecular weight excluding hydrogens is 232 g/mol. The fraction of sp³-hybridized carbons (Fsp3) is 1.00. The Labute approximate surface area is 120 Å². The number of nitrogens with zero attached hydrogens (tertiary/aromatic N) is 1. The van der Waals surface area contributed by atoms with Gasteiger partial charge in [0.2, 0.25) is 0 Å². The smallest absolute Gasteiger partial charge is 0.0244 e. The Morgan fingerprint density at radius 3 is 2.53 bits per heavy atom. The second kappa shape index (κ2) is 7.64. The minimum atomic E-state index is 0.739. The first kappa shape index (κ1) is 15.3. The van der Waals surface area contributed by atoms with Gasteiger partial charge in [-0.1, -0.05) is 52.9 Å². The van der Waals surface area contributed by atoms with Crippen LogP contribution < -0.4 is 5.32 Å². The number of rotatable bonds is 6. The first-order valence-corrected chi connectivity index (χ1v) is 8.68. The summed E-state index contributed by atoms with van der Waals surface area (Å²) in [5, 5.41) is 3.77. The monoisotopic (exact) mass is 266 g/mol. The fourth-order valence-corrected chi connectivity index (χ4v) is 4.00. The van der Waals surface area contributed by atoms with E-state index in [0.29, 0.717) is 0 Å². The lowest BCUT2D eigenvalue weighted by Crippen LogP contribution is -2.58. The maximum Gasteiger partial charge on any atom is 0.0244 e. The predicted octanol–water partition coefficient (Wildman–Crippen LogP) is 3.67. The summed E-state index contributed by atoms with van der Waals surface area (Å²) in [6, 6.07) is 1.50. The lowest BCUT2D eigenvalue weighted by Gasteiger charge is -2.43. The zero-order valence-electron chi connectivity index (χ0n) is 13.3. The molecule has 0 radical (unpaired) electrons. The van der Waals surface area contributed by atoms with Crippen molar-refractivity contribution in [2.24, 2.45) is 11.8 Å².